The highest BCUT2D eigenvalue weighted by Gasteiger charge is 2.25. The van der Waals surface area contributed by atoms with Crippen LogP contribution < -0.4 is 5.73 Å². The van der Waals surface area contributed by atoms with Gasteiger partial charge in [0.15, 0.2) is 0 Å². The minimum Gasteiger partial charge on any atom is -0.408 e. The van der Waals surface area contributed by atoms with Crippen molar-refractivity contribution in [1.29, 1.82) is 0 Å². The minimum absolute atomic E-state index is 0.151. The maximum Gasteiger partial charge on any atom is 0.312 e. The summed E-state index contributed by atoms with van der Waals surface area (Å²) in [6, 6.07) is 8.58. The number of aromatic nitrogens is 2. The number of benzene rings is 1. The van der Waals surface area contributed by atoms with Gasteiger partial charge in [0, 0.05) is 0 Å². The molecular weight excluding hydrogens is 202 g/mol. The van der Waals surface area contributed by atoms with Gasteiger partial charge in [-0.05, 0) is 30.4 Å². The Hall–Kier alpha value is -1.84. The van der Waals surface area contributed by atoms with E-state index in [0.29, 0.717) is 5.89 Å². The van der Waals surface area contributed by atoms with E-state index in [2.05, 4.69) is 34.5 Å². The first-order valence-corrected chi connectivity index (χ1v) is 5.51. The first kappa shape index (κ1) is 9.39. The number of nitrogens with two attached hydrogens (primary N) is 1. The van der Waals surface area contributed by atoms with Crippen molar-refractivity contribution in [3.8, 4) is 0 Å². The van der Waals surface area contributed by atoms with Gasteiger partial charge in [-0.1, -0.05) is 29.4 Å². The molecule has 0 spiro atoms. The molecule has 1 aliphatic carbocycles. The molecule has 1 unspecified atom stereocenters. The highest BCUT2D eigenvalue weighted by atomic mass is 16.4. The third-order valence-corrected chi connectivity index (χ3v) is 3.12. The Morgan fingerprint density at radius 2 is 2.12 bits per heavy atom. The van der Waals surface area contributed by atoms with Crippen LogP contribution in [0.3, 0.4) is 0 Å². The predicted molar refractivity (Wildman–Crippen MR) is 59.9 cm³/mol. The van der Waals surface area contributed by atoms with Crippen LogP contribution >= 0.6 is 0 Å². The number of nitrogens with zero attached hydrogens (tertiary/aromatic N) is 2. The fourth-order valence-electron chi connectivity index (χ4n) is 2.40. The summed E-state index contributed by atoms with van der Waals surface area (Å²) in [5, 5.41) is 7.72. The quantitative estimate of drug-likeness (QED) is 0.791. The van der Waals surface area contributed by atoms with E-state index in [1.165, 1.54) is 11.1 Å². The van der Waals surface area contributed by atoms with Crippen molar-refractivity contribution in [1.82, 2.24) is 10.2 Å². The first-order valence-electron chi connectivity index (χ1n) is 5.51. The van der Waals surface area contributed by atoms with Crippen molar-refractivity contribution in [3.05, 3.63) is 41.3 Å². The van der Waals surface area contributed by atoms with E-state index >= 15 is 0 Å². The van der Waals surface area contributed by atoms with E-state index in [1.54, 1.807) is 0 Å². The van der Waals surface area contributed by atoms with Crippen LogP contribution in [0.1, 0.15) is 35.8 Å². The van der Waals surface area contributed by atoms with Gasteiger partial charge in [-0.25, -0.2) is 0 Å². The lowest BCUT2D eigenvalue weighted by molar-refractivity contribution is 0.453. The third kappa shape index (κ3) is 1.46. The standard InChI is InChI=1S/C12H13N3O/c13-12-15-14-11(16-12)10-7-3-5-8-4-1-2-6-9(8)10/h1-2,4,6,10H,3,5,7H2,(H2,13,15). The van der Waals surface area contributed by atoms with Crippen LogP contribution in [-0.4, -0.2) is 10.2 Å². The van der Waals surface area contributed by atoms with Crippen molar-refractivity contribution in [3.63, 3.8) is 0 Å². The monoisotopic (exact) mass is 215 g/mol. The molecule has 2 aromatic rings. The maximum atomic E-state index is 5.46. The van der Waals surface area contributed by atoms with Gasteiger partial charge in [0.05, 0.1) is 5.92 Å². The van der Waals surface area contributed by atoms with E-state index in [4.69, 9.17) is 10.2 Å². The molecule has 4 nitrogen and oxygen atoms in total. The van der Waals surface area contributed by atoms with Crippen LogP contribution in [0.25, 0.3) is 0 Å². The lowest BCUT2D eigenvalue weighted by atomic mass is 9.83. The van der Waals surface area contributed by atoms with Gasteiger partial charge in [0.1, 0.15) is 0 Å². The Morgan fingerprint density at radius 3 is 2.94 bits per heavy atom. The van der Waals surface area contributed by atoms with Crippen LogP contribution in [0.4, 0.5) is 6.01 Å². The molecule has 0 bridgehead atoms. The van der Waals surface area contributed by atoms with Crippen LogP contribution in [-0.2, 0) is 6.42 Å². The van der Waals surface area contributed by atoms with Gasteiger partial charge in [-0.2, -0.15) is 0 Å². The van der Waals surface area contributed by atoms with Crippen molar-refractivity contribution >= 4 is 6.01 Å². The SMILES string of the molecule is Nc1nnc(C2CCCc3ccccc32)o1. The topological polar surface area (TPSA) is 64.9 Å². The fraction of sp³-hybridized carbons (Fsp3) is 0.333. The number of rotatable bonds is 1. The molecule has 0 saturated heterocycles. The zero-order valence-electron chi connectivity index (χ0n) is 8.89. The molecule has 82 valence electrons. The van der Waals surface area contributed by atoms with E-state index in [0.717, 1.165) is 19.3 Å². The molecule has 0 radical (unpaired) electrons. The lowest BCUT2D eigenvalue weighted by Gasteiger charge is -2.22. The van der Waals surface area contributed by atoms with E-state index in [-0.39, 0.29) is 11.9 Å². The second kappa shape index (κ2) is 3.63. The average Bonchev–Trinajstić information content (AvgIpc) is 2.75. The Kier molecular flexibility index (Phi) is 2.13. The molecule has 1 heterocycles. The number of hydrogen-bond donors (Lipinski definition) is 1. The summed E-state index contributed by atoms with van der Waals surface area (Å²) in [6.07, 6.45) is 3.35. The zero-order chi connectivity index (χ0) is 11.0. The average molecular weight is 215 g/mol. The van der Waals surface area contributed by atoms with Crippen LogP contribution in [0.5, 0.6) is 0 Å². The second-order valence-corrected chi connectivity index (χ2v) is 4.12. The van der Waals surface area contributed by atoms with Gasteiger partial charge in [0.2, 0.25) is 5.89 Å². The highest BCUT2D eigenvalue weighted by Crippen LogP contribution is 2.35. The zero-order valence-corrected chi connectivity index (χ0v) is 8.89. The summed E-state index contributed by atoms with van der Waals surface area (Å²) in [4.78, 5) is 0. The maximum absolute atomic E-state index is 5.46. The van der Waals surface area contributed by atoms with E-state index in [1.807, 2.05) is 0 Å². The van der Waals surface area contributed by atoms with Gasteiger partial charge in [0.25, 0.3) is 0 Å². The first-order chi connectivity index (χ1) is 7.84. The molecule has 1 atom stereocenters. The molecule has 4 heteroatoms. The summed E-state index contributed by atoms with van der Waals surface area (Å²) in [6.45, 7) is 0. The third-order valence-electron chi connectivity index (χ3n) is 3.12. The number of hydrogen-bond acceptors (Lipinski definition) is 4. The number of aryl methyl sites for hydroxylation is 1. The predicted octanol–water partition coefficient (Wildman–Crippen LogP) is 2.12. The van der Waals surface area contributed by atoms with Crippen molar-refractivity contribution < 1.29 is 4.42 Å². The molecule has 3 rings (SSSR count). The van der Waals surface area contributed by atoms with E-state index in [9.17, 15) is 0 Å². The molecule has 0 fully saturated rings. The lowest BCUT2D eigenvalue weighted by Crippen LogP contribution is -2.11. The number of fused-ring (bicyclic) bond motifs is 1. The Bertz CT molecular complexity index is 506. The Labute approximate surface area is 93.5 Å². The highest BCUT2D eigenvalue weighted by molar-refractivity contribution is 5.35. The van der Waals surface area contributed by atoms with Gasteiger partial charge < -0.3 is 10.2 Å². The van der Waals surface area contributed by atoms with Crippen molar-refractivity contribution in [2.75, 3.05) is 5.73 Å². The summed E-state index contributed by atoms with van der Waals surface area (Å²) in [5.74, 6) is 0.861. The van der Waals surface area contributed by atoms with Crippen LogP contribution in [0.2, 0.25) is 0 Å². The minimum atomic E-state index is 0.151. The Morgan fingerprint density at radius 1 is 1.25 bits per heavy atom. The summed E-state index contributed by atoms with van der Waals surface area (Å²) in [7, 11) is 0. The molecule has 2 N–H and O–H groups in total. The molecule has 1 aromatic heterocycles. The van der Waals surface area contributed by atoms with Crippen LogP contribution in [0, 0.1) is 0 Å². The number of nitrogen functional groups attached to an aromatic ring is 1. The summed E-state index contributed by atoms with van der Waals surface area (Å²) in [5.41, 5.74) is 8.15. The van der Waals surface area contributed by atoms with Gasteiger partial charge in [-0.3, -0.25) is 0 Å². The molecule has 0 aliphatic heterocycles. The molecule has 0 amide bonds. The summed E-state index contributed by atoms with van der Waals surface area (Å²) >= 11 is 0. The normalized spacial score (nSPS) is 19.4. The molecule has 1 aromatic carbocycles. The van der Waals surface area contributed by atoms with E-state index < -0.39 is 0 Å². The number of anilines is 1. The molecule has 0 saturated carbocycles. The second-order valence-electron chi connectivity index (χ2n) is 4.12. The largest absolute Gasteiger partial charge is 0.408 e. The van der Waals surface area contributed by atoms with Crippen LogP contribution in [0.15, 0.2) is 28.7 Å². The van der Waals surface area contributed by atoms with Gasteiger partial charge >= 0.3 is 6.01 Å². The fourth-order valence-corrected chi connectivity index (χ4v) is 2.40. The van der Waals surface area contributed by atoms with Crippen molar-refractivity contribution in [2.24, 2.45) is 0 Å². The van der Waals surface area contributed by atoms with Gasteiger partial charge in [-0.15, -0.1) is 5.10 Å². The Balaban J connectivity index is 2.04. The smallest absolute Gasteiger partial charge is 0.312 e. The molecule has 16 heavy (non-hydrogen) atoms. The molecule has 1 aliphatic rings. The van der Waals surface area contributed by atoms with Crippen molar-refractivity contribution in [2.45, 2.75) is 25.2 Å². The summed E-state index contributed by atoms with van der Waals surface area (Å²) < 4.78 is 5.34. The molecular formula is C12H13N3O.